The highest BCUT2D eigenvalue weighted by Gasteiger charge is 2.33. The number of aromatic nitrogens is 2. The molecule has 0 unspecified atom stereocenters. The molecule has 13 heteroatoms. The number of para-hydroxylation sites is 1. The van der Waals surface area contributed by atoms with Crippen molar-refractivity contribution in [2.24, 2.45) is 0 Å². The fraction of sp³-hybridized carbons (Fsp3) is 0.100. The van der Waals surface area contributed by atoms with Gasteiger partial charge in [-0.15, -0.1) is 0 Å². The Hall–Kier alpha value is -4.00. The van der Waals surface area contributed by atoms with Gasteiger partial charge < -0.3 is 14.9 Å². The molecule has 0 bridgehead atoms. The summed E-state index contributed by atoms with van der Waals surface area (Å²) in [6, 6.07) is 9.96. The number of aliphatic carboxylic acids is 1. The van der Waals surface area contributed by atoms with Crippen molar-refractivity contribution in [2.75, 3.05) is 11.6 Å². The number of alkyl halides is 3. The predicted octanol–water partition coefficient (Wildman–Crippen LogP) is 3.72. The molecule has 0 radical (unpaired) electrons. The molecular formula is C20H15F3N4O5S. The van der Waals surface area contributed by atoms with Crippen LogP contribution in [0, 0.1) is 5.41 Å². The Labute approximate surface area is 185 Å². The van der Waals surface area contributed by atoms with Crippen molar-refractivity contribution in [2.45, 2.75) is 11.1 Å². The number of carboxylic acid groups (broad SMARTS) is 1. The zero-order valence-corrected chi connectivity index (χ0v) is 17.5. The predicted molar refractivity (Wildman–Crippen MR) is 111 cm³/mol. The third-order valence-electron chi connectivity index (χ3n) is 4.20. The third-order valence-corrected chi connectivity index (χ3v) is 5.31. The molecule has 1 heterocycles. The van der Waals surface area contributed by atoms with Crippen molar-refractivity contribution in [3.05, 3.63) is 66.0 Å². The molecular weight excluding hydrogens is 465 g/mol. The number of sulfone groups is 1. The second kappa shape index (κ2) is 8.86. The van der Waals surface area contributed by atoms with Crippen LogP contribution in [0.2, 0.25) is 0 Å². The first-order valence-electron chi connectivity index (χ1n) is 8.97. The van der Waals surface area contributed by atoms with Crippen LogP contribution in [0.25, 0.3) is 17.2 Å². The third kappa shape index (κ3) is 5.63. The van der Waals surface area contributed by atoms with Gasteiger partial charge in [0.2, 0.25) is 5.82 Å². The maximum absolute atomic E-state index is 13.4. The first kappa shape index (κ1) is 23.7. The van der Waals surface area contributed by atoms with Gasteiger partial charge >= 0.3 is 12.1 Å². The minimum atomic E-state index is -4.72. The van der Waals surface area contributed by atoms with Gasteiger partial charge in [-0.25, -0.2) is 13.2 Å². The van der Waals surface area contributed by atoms with Crippen LogP contribution in [0.4, 0.5) is 18.9 Å². The number of carboxylic acids is 1. The Morgan fingerprint density at radius 3 is 2.52 bits per heavy atom. The molecule has 9 nitrogen and oxygen atoms in total. The van der Waals surface area contributed by atoms with Crippen LogP contribution < -0.4 is 5.32 Å². The lowest BCUT2D eigenvalue weighted by molar-refractivity contribution is -0.137. The lowest BCUT2D eigenvalue weighted by Crippen LogP contribution is -2.14. The number of rotatable bonds is 7. The van der Waals surface area contributed by atoms with Crippen LogP contribution in [-0.4, -0.2) is 41.6 Å². The fourth-order valence-electron chi connectivity index (χ4n) is 2.66. The van der Waals surface area contributed by atoms with Gasteiger partial charge in [-0.05, 0) is 36.4 Å². The van der Waals surface area contributed by atoms with Crippen LogP contribution >= 0.6 is 0 Å². The summed E-state index contributed by atoms with van der Waals surface area (Å²) in [5, 5.41) is 22.6. The van der Waals surface area contributed by atoms with Crippen LogP contribution in [-0.2, 0) is 20.8 Å². The second-order valence-electron chi connectivity index (χ2n) is 6.67. The topological polar surface area (TPSA) is 146 Å². The second-order valence-corrected chi connectivity index (χ2v) is 8.68. The highest BCUT2D eigenvalue weighted by Crippen LogP contribution is 2.36. The van der Waals surface area contributed by atoms with Crippen molar-refractivity contribution in [3.8, 4) is 11.5 Å². The van der Waals surface area contributed by atoms with Gasteiger partial charge in [-0.2, -0.15) is 18.2 Å². The molecule has 0 aliphatic carbocycles. The highest BCUT2D eigenvalue weighted by molar-refractivity contribution is 7.90. The van der Waals surface area contributed by atoms with Crippen molar-refractivity contribution in [3.63, 3.8) is 0 Å². The summed E-state index contributed by atoms with van der Waals surface area (Å²) in [4.78, 5) is 15.1. The van der Waals surface area contributed by atoms with E-state index in [1.54, 1.807) is 0 Å². The van der Waals surface area contributed by atoms with E-state index in [1.807, 2.05) is 0 Å². The number of carbonyl (C=O) groups is 1. The quantitative estimate of drug-likeness (QED) is 0.434. The van der Waals surface area contributed by atoms with Gasteiger partial charge in [0.05, 0.1) is 21.8 Å². The number of nitrogens with one attached hydrogen (secondary N) is 2. The van der Waals surface area contributed by atoms with Crippen molar-refractivity contribution in [1.29, 1.82) is 5.41 Å². The molecule has 0 saturated carbocycles. The number of hydrogen-bond acceptors (Lipinski definition) is 8. The average molecular weight is 480 g/mol. The molecule has 0 atom stereocenters. The van der Waals surface area contributed by atoms with Gasteiger partial charge in [0.25, 0.3) is 5.89 Å². The summed E-state index contributed by atoms with van der Waals surface area (Å²) in [6.07, 6.45) is -2.98. The molecule has 0 fully saturated rings. The normalized spacial score (nSPS) is 12.4. The monoisotopic (exact) mass is 480 g/mol. The number of anilines is 1. The summed E-state index contributed by atoms with van der Waals surface area (Å²) >= 11 is 0. The van der Waals surface area contributed by atoms with E-state index in [4.69, 9.17) is 15.0 Å². The van der Waals surface area contributed by atoms with Gasteiger partial charge in [-0.1, -0.05) is 23.4 Å². The average Bonchev–Trinajstić information content (AvgIpc) is 3.22. The standard InChI is InChI=1S/C20H15F3N4O5S/c1-33(30,31)12-6-4-5-11(9-12)18-26-17(27-32-18)16(10-14(24)19(28)29)25-15-8-3-2-7-13(15)20(21,22)23/h2-10,24-25H,1H3,(H,28,29)/b16-10-,24-14?. The smallest absolute Gasteiger partial charge is 0.418 e. The summed E-state index contributed by atoms with van der Waals surface area (Å²) in [7, 11) is -3.54. The molecule has 0 amide bonds. The Morgan fingerprint density at radius 1 is 1.18 bits per heavy atom. The fourth-order valence-corrected chi connectivity index (χ4v) is 3.32. The van der Waals surface area contributed by atoms with E-state index < -0.39 is 38.9 Å². The van der Waals surface area contributed by atoms with E-state index in [1.165, 1.54) is 36.4 Å². The molecule has 0 saturated heterocycles. The Bertz CT molecular complexity index is 1360. The van der Waals surface area contributed by atoms with Gasteiger partial charge in [0.1, 0.15) is 5.71 Å². The number of hydrogen-bond donors (Lipinski definition) is 3. The molecule has 0 spiro atoms. The van der Waals surface area contributed by atoms with E-state index in [-0.39, 0.29) is 27.9 Å². The first-order chi connectivity index (χ1) is 15.4. The Balaban J connectivity index is 2.06. The minimum Gasteiger partial charge on any atom is -0.477 e. The lowest BCUT2D eigenvalue weighted by Gasteiger charge is -2.15. The van der Waals surface area contributed by atoms with Crippen LogP contribution in [0.1, 0.15) is 11.4 Å². The first-order valence-corrected chi connectivity index (χ1v) is 10.9. The van der Waals surface area contributed by atoms with E-state index in [9.17, 15) is 26.4 Å². The largest absolute Gasteiger partial charge is 0.477 e. The Morgan fingerprint density at radius 2 is 1.88 bits per heavy atom. The van der Waals surface area contributed by atoms with Crippen LogP contribution in [0.5, 0.6) is 0 Å². The molecule has 2 aromatic carbocycles. The van der Waals surface area contributed by atoms with E-state index in [0.717, 1.165) is 24.5 Å². The van der Waals surface area contributed by atoms with Crippen molar-refractivity contribution >= 4 is 32.9 Å². The maximum atomic E-state index is 13.4. The highest BCUT2D eigenvalue weighted by atomic mass is 32.2. The van der Waals surface area contributed by atoms with Crippen LogP contribution in [0.3, 0.4) is 0 Å². The maximum Gasteiger partial charge on any atom is 0.418 e. The van der Waals surface area contributed by atoms with Gasteiger partial charge in [0, 0.05) is 11.8 Å². The molecule has 33 heavy (non-hydrogen) atoms. The lowest BCUT2D eigenvalue weighted by atomic mass is 10.1. The summed E-state index contributed by atoms with van der Waals surface area (Å²) in [5.74, 6) is -2.16. The number of halogens is 3. The van der Waals surface area contributed by atoms with E-state index >= 15 is 0 Å². The molecule has 3 rings (SSSR count). The minimum absolute atomic E-state index is 0.0274. The van der Waals surface area contributed by atoms with Gasteiger partial charge in [-0.3, -0.25) is 5.41 Å². The number of nitrogens with zero attached hydrogens (tertiary/aromatic N) is 2. The number of benzene rings is 2. The molecule has 1 aromatic heterocycles. The zero-order chi connectivity index (χ0) is 24.4. The van der Waals surface area contributed by atoms with E-state index in [2.05, 4.69) is 15.5 Å². The molecule has 0 aliphatic rings. The molecule has 0 aliphatic heterocycles. The van der Waals surface area contributed by atoms with Crippen LogP contribution in [0.15, 0.2) is 64.0 Å². The Kier molecular flexibility index (Phi) is 6.35. The van der Waals surface area contributed by atoms with Crippen molar-refractivity contribution in [1.82, 2.24) is 10.1 Å². The van der Waals surface area contributed by atoms with Gasteiger partial charge in [0.15, 0.2) is 9.84 Å². The molecule has 3 aromatic rings. The summed E-state index contributed by atoms with van der Waals surface area (Å²) in [5.41, 5.74) is -2.57. The van der Waals surface area contributed by atoms with Crippen molar-refractivity contribution < 1.29 is 36.0 Å². The van der Waals surface area contributed by atoms with E-state index in [0.29, 0.717) is 0 Å². The molecule has 172 valence electrons. The summed E-state index contributed by atoms with van der Waals surface area (Å²) < 4.78 is 68.7. The SMILES string of the molecule is CS(=O)(=O)c1cccc(-c2nc(/C(=C/C(=N)C(=O)O)Nc3ccccc3C(F)(F)F)no2)c1. The zero-order valence-electron chi connectivity index (χ0n) is 16.7. The summed E-state index contributed by atoms with van der Waals surface area (Å²) in [6.45, 7) is 0. The molecule has 3 N–H and O–H groups in total.